The molecule has 0 amide bonds. The van der Waals surface area contributed by atoms with Crippen molar-refractivity contribution in [2.45, 2.75) is 24.8 Å². The van der Waals surface area contributed by atoms with Crippen LogP contribution in [0, 0.1) is 5.82 Å². The van der Waals surface area contributed by atoms with Gasteiger partial charge in [0, 0.05) is 11.4 Å². The highest BCUT2D eigenvalue weighted by atomic mass is 35.5. The van der Waals surface area contributed by atoms with Crippen LogP contribution in [0.5, 0.6) is 0 Å². The lowest BCUT2D eigenvalue weighted by Crippen LogP contribution is -2.49. The first-order chi connectivity index (χ1) is 8.03. The number of carboxylic acid groups (broad SMARTS) is 1. The number of aliphatic carboxylic acids is 1. The van der Waals surface area contributed by atoms with Gasteiger partial charge >= 0.3 is 5.97 Å². The van der Waals surface area contributed by atoms with Crippen molar-refractivity contribution in [1.29, 1.82) is 0 Å². The molecule has 1 aliphatic heterocycles. The summed E-state index contributed by atoms with van der Waals surface area (Å²) in [6.45, 7) is 0.666. The maximum atomic E-state index is 13.1. The van der Waals surface area contributed by atoms with Crippen LogP contribution >= 0.6 is 11.6 Å². The van der Waals surface area contributed by atoms with E-state index < -0.39 is 17.3 Å². The smallest absolute Gasteiger partial charge is 0.324 e. The average molecular weight is 258 g/mol. The second kappa shape index (κ2) is 4.63. The third-order valence-corrected chi connectivity index (χ3v) is 3.52. The van der Waals surface area contributed by atoms with Crippen molar-refractivity contribution >= 4 is 17.6 Å². The van der Waals surface area contributed by atoms with Gasteiger partial charge in [-0.15, -0.1) is 0 Å². The number of nitrogens with one attached hydrogen (secondary N) is 1. The largest absolute Gasteiger partial charge is 0.480 e. The number of hydrogen-bond acceptors (Lipinski definition) is 2. The molecule has 1 aliphatic rings. The molecule has 0 radical (unpaired) electrons. The molecule has 1 aromatic rings. The molecule has 17 heavy (non-hydrogen) atoms. The van der Waals surface area contributed by atoms with Gasteiger partial charge in [-0.25, -0.2) is 4.39 Å². The van der Waals surface area contributed by atoms with E-state index in [0.717, 1.165) is 6.42 Å². The Hall–Kier alpha value is -1.13. The summed E-state index contributed by atoms with van der Waals surface area (Å²) >= 11 is 5.95. The molecule has 0 aromatic heterocycles. The first-order valence-corrected chi connectivity index (χ1v) is 5.84. The zero-order valence-corrected chi connectivity index (χ0v) is 9.93. The van der Waals surface area contributed by atoms with Crippen LogP contribution in [-0.4, -0.2) is 23.2 Å². The molecule has 0 saturated carbocycles. The van der Waals surface area contributed by atoms with E-state index in [2.05, 4.69) is 5.32 Å². The van der Waals surface area contributed by atoms with E-state index in [-0.39, 0.29) is 6.42 Å². The van der Waals surface area contributed by atoms with Crippen molar-refractivity contribution in [3.05, 3.63) is 34.6 Å². The van der Waals surface area contributed by atoms with Gasteiger partial charge in [-0.2, -0.15) is 0 Å². The summed E-state index contributed by atoms with van der Waals surface area (Å²) in [6, 6.07) is 4.02. The predicted octanol–water partition coefficient (Wildman–Crippen LogP) is 2.23. The van der Waals surface area contributed by atoms with Crippen LogP contribution in [0.15, 0.2) is 18.2 Å². The molecule has 5 heteroatoms. The molecule has 2 rings (SSSR count). The average Bonchev–Trinajstić information content (AvgIpc) is 2.73. The summed E-state index contributed by atoms with van der Waals surface area (Å²) < 4.78 is 13.1. The second-order valence-electron chi connectivity index (χ2n) is 4.33. The van der Waals surface area contributed by atoms with Crippen molar-refractivity contribution in [2.75, 3.05) is 6.54 Å². The zero-order valence-electron chi connectivity index (χ0n) is 9.17. The number of hydrogen-bond donors (Lipinski definition) is 2. The van der Waals surface area contributed by atoms with Gasteiger partial charge in [0.15, 0.2) is 0 Å². The third kappa shape index (κ3) is 2.42. The third-order valence-electron chi connectivity index (χ3n) is 3.15. The van der Waals surface area contributed by atoms with Gasteiger partial charge in [0.25, 0.3) is 0 Å². The fraction of sp³-hybridized carbons (Fsp3) is 0.417. The molecule has 1 unspecified atom stereocenters. The fourth-order valence-electron chi connectivity index (χ4n) is 2.22. The van der Waals surface area contributed by atoms with Crippen LogP contribution in [0.2, 0.25) is 5.02 Å². The fourth-order valence-corrected chi connectivity index (χ4v) is 2.40. The molecule has 1 aromatic carbocycles. The van der Waals surface area contributed by atoms with Crippen LogP contribution in [-0.2, 0) is 11.2 Å². The number of halogens is 2. The highest BCUT2D eigenvalue weighted by Crippen LogP contribution is 2.28. The lowest BCUT2D eigenvalue weighted by atomic mass is 9.89. The Labute approximate surface area is 104 Å². The molecule has 92 valence electrons. The standard InChI is InChI=1S/C12H13ClFNO2/c13-10-3-2-9(14)6-8(10)7-12(11(16)17)4-1-5-15-12/h2-3,6,15H,1,4-5,7H2,(H,16,17). The van der Waals surface area contributed by atoms with Gasteiger partial charge < -0.3 is 10.4 Å². The van der Waals surface area contributed by atoms with Crippen molar-refractivity contribution < 1.29 is 14.3 Å². The lowest BCUT2D eigenvalue weighted by Gasteiger charge is -2.25. The van der Waals surface area contributed by atoms with Crippen LogP contribution in [0.3, 0.4) is 0 Å². The van der Waals surface area contributed by atoms with Crippen molar-refractivity contribution in [1.82, 2.24) is 5.32 Å². The summed E-state index contributed by atoms with van der Waals surface area (Å²) in [5.74, 6) is -1.31. The van der Waals surface area contributed by atoms with E-state index in [1.807, 2.05) is 0 Å². The SMILES string of the molecule is O=C(O)C1(Cc2cc(F)ccc2Cl)CCCN1. The number of benzene rings is 1. The first kappa shape index (κ1) is 12.3. The van der Waals surface area contributed by atoms with Crippen LogP contribution in [0.25, 0.3) is 0 Å². The van der Waals surface area contributed by atoms with Crippen molar-refractivity contribution in [2.24, 2.45) is 0 Å². The number of rotatable bonds is 3. The van der Waals surface area contributed by atoms with Gasteiger partial charge in [0.2, 0.25) is 0 Å². The maximum Gasteiger partial charge on any atom is 0.324 e. The Morgan fingerprint density at radius 2 is 2.35 bits per heavy atom. The quantitative estimate of drug-likeness (QED) is 0.873. The minimum absolute atomic E-state index is 0.207. The molecular weight excluding hydrogens is 245 g/mol. The van der Waals surface area contributed by atoms with Gasteiger partial charge in [-0.05, 0) is 43.1 Å². The van der Waals surface area contributed by atoms with Crippen LogP contribution in [0.1, 0.15) is 18.4 Å². The Balaban J connectivity index is 2.29. The van der Waals surface area contributed by atoms with Gasteiger partial charge in [0.05, 0.1) is 0 Å². The predicted molar refractivity (Wildman–Crippen MR) is 62.7 cm³/mol. The molecule has 3 nitrogen and oxygen atoms in total. The summed E-state index contributed by atoms with van der Waals surface area (Å²) in [6.07, 6.45) is 1.55. The van der Waals surface area contributed by atoms with E-state index in [4.69, 9.17) is 11.6 Å². The lowest BCUT2D eigenvalue weighted by molar-refractivity contribution is -0.144. The zero-order chi connectivity index (χ0) is 12.5. The van der Waals surface area contributed by atoms with Gasteiger partial charge in [0.1, 0.15) is 11.4 Å². The molecular formula is C12H13ClFNO2. The van der Waals surface area contributed by atoms with E-state index in [1.54, 1.807) is 0 Å². The molecule has 0 aliphatic carbocycles. The first-order valence-electron chi connectivity index (χ1n) is 5.46. The second-order valence-corrected chi connectivity index (χ2v) is 4.74. The van der Waals surface area contributed by atoms with E-state index in [1.165, 1.54) is 18.2 Å². The minimum atomic E-state index is -1.00. The van der Waals surface area contributed by atoms with Crippen LogP contribution in [0.4, 0.5) is 4.39 Å². The van der Waals surface area contributed by atoms with E-state index in [0.29, 0.717) is 23.6 Å². The summed E-state index contributed by atoms with van der Waals surface area (Å²) in [4.78, 5) is 11.3. The Morgan fingerprint density at radius 3 is 2.94 bits per heavy atom. The molecule has 2 N–H and O–H groups in total. The number of carbonyl (C=O) groups is 1. The maximum absolute atomic E-state index is 13.1. The Kier molecular flexibility index (Phi) is 3.35. The minimum Gasteiger partial charge on any atom is -0.480 e. The van der Waals surface area contributed by atoms with E-state index >= 15 is 0 Å². The Morgan fingerprint density at radius 1 is 1.59 bits per heavy atom. The molecule has 0 bridgehead atoms. The summed E-state index contributed by atoms with van der Waals surface area (Å²) in [7, 11) is 0. The monoisotopic (exact) mass is 257 g/mol. The molecule has 1 atom stereocenters. The highest BCUT2D eigenvalue weighted by molar-refractivity contribution is 6.31. The van der Waals surface area contributed by atoms with E-state index in [9.17, 15) is 14.3 Å². The molecule has 1 heterocycles. The van der Waals surface area contributed by atoms with Gasteiger partial charge in [-0.3, -0.25) is 4.79 Å². The normalized spacial score (nSPS) is 23.9. The van der Waals surface area contributed by atoms with Crippen molar-refractivity contribution in [3.8, 4) is 0 Å². The Bertz CT molecular complexity index is 444. The summed E-state index contributed by atoms with van der Waals surface area (Å²) in [5.41, 5.74) is -0.472. The van der Waals surface area contributed by atoms with Crippen molar-refractivity contribution in [3.63, 3.8) is 0 Å². The molecule has 1 fully saturated rings. The molecule has 0 spiro atoms. The highest BCUT2D eigenvalue weighted by Gasteiger charge is 2.41. The van der Waals surface area contributed by atoms with Gasteiger partial charge in [-0.1, -0.05) is 11.6 Å². The topological polar surface area (TPSA) is 49.3 Å². The van der Waals surface area contributed by atoms with Crippen LogP contribution < -0.4 is 5.32 Å². The molecule has 1 saturated heterocycles. The number of carboxylic acids is 1. The summed E-state index contributed by atoms with van der Waals surface area (Å²) in [5, 5.41) is 12.7.